The Morgan fingerprint density at radius 1 is 1.38 bits per heavy atom. The van der Waals surface area contributed by atoms with Gasteiger partial charge in [-0.1, -0.05) is 0 Å². The maximum Gasteiger partial charge on any atom is 0.173 e. The van der Waals surface area contributed by atoms with Gasteiger partial charge in [0.25, 0.3) is 0 Å². The van der Waals surface area contributed by atoms with E-state index in [0.717, 1.165) is 5.69 Å². The third-order valence-corrected chi connectivity index (χ3v) is 3.38. The van der Waals surface area contributed by atoms with Gasteiger partial charge in [-0.25, -0.2) is 14.6 Å². The summed E-state index contributed by atoms with van der Waals surface area (Å²) in [5.41, 5.74) is 6.83. The number of nitrogens with two attached hydrogens (primary N) is 1. The van der Waals surface area contributed by atoms with E-state index in [0.29, 0.717) is 22.0 Å². The van der Waals surface area contributed by atoms with E-state index >= 15 is 0 Å². The van der Waals surface area contributed by atoms with Crippen LogP contribution in [0, 0.1) is 0 Å². The Morgan fingerprint density at radius 2 is 2.19 bits per heavy atom. The van der Waals surface area contributed by atoms with Gasteiger partial charge < -0.3 is 5.73 Å². The van der Waals surface area contributed by atoms with Crippen LogP contribution < -0.4 is 5.73 Å². The van der Waals surface area contributed by atoms with Crippen LogP contribution in [0.25, 0.3) is 5.82 Å². The van der Waals surface area contributed by atoms with Gasteiger partial charge in [0, 0.05) is 12.1 Å². The monoisotopic (exact) mass is 279 g/mol. The van der Waals surface area contributed by atoms with Gasteiger partial charge in [0.1, 0.15) is 16.6 Å². The zero-order valence-corrected chi connectivity index (χ0v) is 10.1. The Bertz CT molecular complexity index is 532. The molecule has 1 fully saturated rings. The first kappa shape index (κ1) is 9.77. The summed E-state index contributed by atoms with van der Waals surface area (Å²) < 4.78 is 2.41. The Labute approximate surface area is 101 Å². The zero-order chi connectivity index (χ0) is 11.1. The molecule has 1 aliphatic rings. The van der Waals surface area contributed by atoms with Crippen molar-refractivity contribution in [3.05, 3.63) is 28.8 Å². The maximum absolute atomic E-state index is 5.70. The van der Waals surface area contributed by atoms with E-state index < -0.39 is 0 Å². The number of halogens is 1. The second-order valence-electron chi connectivity index (χ2n) is 3.86. The van der Waals surface area contributed by atoms with Crippen LogP contribution in [0.4, 0.5) is 5.82 Å². The average molecular weight is 280 g/mol. The van der Waals surface area contributed by atoms with Gasteiger partial charge in [0.05, 0.1) is 5.69 Å². The van der Waals surface area contributed by atoms with Crippen molar-refractivity contribution in [3.63, 3.8) is 0 Å². The highest BCUT2D eigenvalue weighted by Crippen LogP contribution is 2.39. The molecule has 16 heavy (non-hydrogen) atoms. The Morgan fingerprint density at radius 3 is 2.94 bits per heavy atom. The molecule has 82 valence electrons. The summed E-state index contributed by atoms with van der Waals surface area (Å²) in [6, 6.07) is 2.03. The zero-order valence-electron chi connectivity index (χ0n) is 8.47. The van der Waals surface area contributed by atoms with Crippen LogP contribution in [0.2, 0.25) is 0 Å². The van der Waals surface area contributed by atoms with Gasteiger partial charge >= 0.3 is 0 Å². The molecule has 1 saturated carbocycles. The molecular weight excluding hydrogens is 270 g/mol. The van der Waals surface area contributed by atoms with Crippen molar-refractivity contribution in [2.24, 2.45) is 0 Å². The van der Waals surface area contributed by atoms with Crippen LogP contribution in [0.3, 0.4) is 0 Å². The molecule has 6 heteroatoms. The van der Waals surface area contributed by atoms with Crippen molar-refractivity contribution in [1.82, 2.24) is 19.7 Å². The largest absolute Gasteiger partial charge is 0.383 e. The third-order valence-electron chi connectivity index (χ3n) is 2.62. The van der Waals surface area contributed by atoms with Crippen LogP contribution in [-0.2, 0) is 0 Å². The number of aromatic nitrogens is 4. The quantitative estimate of drug-likeness (QED) is 0.911. The molecule has 2 aromatic rings. The van der Waals surface area contributed by atoms with Gasteiger partial charge in [0.2, 0.25) is 0 Å². The van der Waals surface area contributed by atoms with E-state index in [-0.39, 0.29) is 0 Å². The molecule has 0 spiro atoms. The van der Waals surface area contributed by atoms with E-state index in [9.17, 15) is 0 Å². The lowest BCUT2D eigenvalue weighted by Gasteiger charge is -2.04. The first-order chi connectivity index (χ1) is 7.75. The highest BCUT2D eigenvalue weighted by atomic mass is 79.9. The van der Waals surface area contributed by atoms with E-state index in [2.05, 4.69) is 31.0 Å². The lowest BCUT2D eigenvalue weighted by atomic mass is 10.3. The van der Waals surface area contributed by atoms with Crippen LogP contribution in [0.1, 0.15) is 24.5 Å². The fraction of sp³-hybridized carbons (Fsp3) is 0.300. The van der Waals surface area contributed by atoms with Gasteiger partial charge in [-0.3, -0.25) is 0 Å². The molecule has 0 amide bonds. The molecule has 2 aromatic heterocycles. The summed E-state index contributed by atoms with van der Waals surface area (Å²) in [5, 5.41) is 4.49. The predicted octanol–water partition coefficient (Wildman–Crippen LogP) is 1.88. The van der Waals surface area contributed by atoms with Crippen molar-refractivity contribution < 1.29 is 0 Å². The van der Waals surface area contributed by atoms with E-state index in [1.165, 1.54) is 19.2 Å². The number of hydrogen-bond acceptors (Lipinski definition) is 4. The van der Waals surface area contributed by atoms with Gasteiger partial charge in [-0.15, -0.1) is 0 Å². The van der Waals surface area contributed by atoms with Crippen molar-refractivity contribution in [2.45, 2.75) is 18.8 Å². The predicted molar refractivity (Wildman–Crippen MR) is 63.2 cm³/mol. The molecule has 0 unspecified atom stereocenters. The lowest BCUT2D eigenvalue weighted by molar-refractivity contribution is 0.804. The third kappa shape index (κ3) is 1.59. The van der Waals surface area contributed by atoms with Gasteiger partial charge in [0.15, 0.2) is 5.82 Å². The average Bonchev–Trinajstić information content (AvgIpc) is 3.02. The smallest absolute Gasteiger partial charge is 0.173 e. The fourth-order valence-corrected chi connectivity index (χ4v) is 1.97. The van der Waals surface area contributed by atoms with Gasteiger partial charge in [-0.05, 0) is 34.8 Å². The number of anilines is 1. The summed E-state index contributed by atoms with van der Waals surface area (Å²) in [6.07, 6.45) is 5.82. The summed E-state index contributed by atoms with van der Waals surface area (Å²) in [4.78, 5) is 8.06. The minimum absolute atomic E-state index is 0.425. The molecule has 3 rings (SSSR count). The fourth-order valence-electron chi connectivity index (χ4n) is 1.59. The minimum Gasteiger partial charge on any atom is -0.383 e. The number of nitrogen functional groups attached to an aromatic ring is 1. The Hall–Kier alpha value is -1.43. The molecule has 0 saturated heterocycles. The van der Waals surface area contributed by atoms with Crippen molar-refractivity contribution in [2.75, 3.05) is 5.73 Å². The highest BCUT2D eigenvalue weighted by Gasteiger charge is 2.26. The van der Waals surface area contributed by atoms with E-state index in [4.69, 9.17) is 5.73 Å². The summed E-state index contributed by atoms with van der Waals surface area (Å²) >= 11 is 3.37. The molecule has 2 heterocycles. The number of hydrogen-bond donors (Lipinski definition) is 1. The minimum atomic E-state index is 0.425. The first-order valence-electron chi connectivity index (χ1n) is 5.07. The normalized spacial score (nSPS) is 15.3. The number of nitrogens with zero attached hydrogens (tertiary/aromatic N) is 4. The van der Waals surface area contributed by atoms with Crippen molar-refractivity contribution >= 4 is 21.7 Å². The summed E-state index contributed by atoms with van der Waals surface area (Å²) in [5.74, 6) is 1.74. The molecule has 5 nitrogen and oxygen atoms in total. The topological polar surface area (TPSA) is 69.6 Å². The summed E-state index contributed by atoms with van der Waals surface area (Å²) in [6.45, 7) is 0. The summed E-state index contributed by atoms with van der Waals surface area (Å²) in [7, 11) is 0. The van der Waals surface area contributed by atoms with Gasteiger partial charge in [-0.2, -0.15) is 5.10 Å². The molecule has 0 bridgehead atoms. The Kier molecular flexibility index (Phi) is 2.17. The molecule has 1 aliphatic carbocycles. The van der Waals surface area contributed by atoms with E-state index in [1.54, 1.807) is 4.68 Å². The van der Waals surface area contributed by atoms with Crippen LogP contribution in [0.5, 0.6) is 0 Å². The first-order valence-corrected chi connectivity index (χ1v) is 5.87. The standard InChI is InChI=1S/C10H10BrN5/c11-8-9(12)13-5-14-10(8)16-4-3-7(15-16)6-1-2-6/h3-6H,1-2H2,(H2,12,13,14). The Balaban J connectivity index is 2.03. The highest BCUT2D eigenvalue weighted by molar-refractivity contribution is 9.10. The molecule has 2 N–H and O–H groups in total. The second-order valence-corrected chi connectivity index (χ2v) is 4.65. The number of rotatable bonds is 2. The molecule has 0 atom stereocenters. The molecular formula is C10H10BrN5. The lowest BCUT2D eigenvalue weighted by Crippen LogP contribution is -2.03. The van der Waals surface area contributed by atoms with Crippen molar-refractivity contribution in [3.8, 4) is 5.82 Å². The molecule has 0 radical (unpaired) electrons. The molecule has 0 aromatic carbocycles. The SMILES string of the molecule is Nc1ncnc(-n2ccc(C3CC3)n2)c1Br. The van der Waals surface area contributed by atoms with Crippen LogP contribution >= 0.6 is 15.9 Å². The van der Waals surface area contributed by atoms with Crippen LogP contribution in [0.15, 0.2) is 23.1 Å². The van der Waals surface area contributed by atoms with Crippen LogP contribution in [-0.4, -0.2) is 19.7 Å². The second kappa shape index (κ2) is 3.55. The maximum atomic E-state index is 5.70. The molecule has 0 aliphatic heterocycles. The van der Waals surface area contributed by atoms with E-state index in [1.807, 2.05) is 12.3 Å². The van der Waals surface area contributed by atoms with Crippen molar-refractivity contribution in [1.29, 1.82) is 0 Å².